The van der Waals surface area contributed by atoms with E-state index in [1.807, 2.05) is 53.6 Å². The number of likely N-dealkylation sites (N-methyl/N-ethyl adjacent to an activating group) is 1. The molecule has 0 aliphatic carbocycles. The number of hydrogen-bond donors (Lipinski definition) is 1. The van der Waals surface area contributed by atoms with Crippen molar-refractivity contribution in [1.82, 2.24) is 34.5 Å². The predicted octanol–water partition coefficient (Wildman–Crippen LogP) is 3.05. The monoisotopic (exact) mass is 418 g/mol. The lowest BCUT2D eigenvalue weighted by Crippen LogP contribution is -2.50. The Balaban J connectivity index is 1.38. The Morgan fingerprint density at radius 2 is 2.06 bits per heavy atom. The fourth-order valence-corrected chi connectivity index (χ4v) is 3.94. The van der Waals surface area contributed by atoms with E-state index in [4.69, 9.17) is 4.74 Å². The van der Waals surface area contributed by atoms with Crippen LogP contribution in [0.25, 0.3) is 16.8 Å². The van der Waals surface area contributed by atoms with E-state index >= 15 is 0 Å². The molecule has 5 heterocycles. The molecule has 0 amide bonds. The molecule has 1 atom stereocenters. The minimum absolute atomic E-state index is 0.494. The molecule has 0 aromatic carbocycles. The number of anilines is 2. The molecular formula is C22H26N8O. The topological polar surface area (TPSA) is 85.4 Å². The summed E-state index contributed by atoms with van der Waals surface area (Å²) in [5.74, 6) is 2.18. The number of likely N-dealkylation sites (tertiary alicyclic amines) is 1. The van der Waals surface area contributed by atoms with Crippen LogP contribution in [0.2, 0.25) is 0 Å². The lowest BCUT2D eigenvalue weighted by Gasteiger charge is -2.39. The van der Waals surface area contributed by atoms with Crippen LogP contribution in [-0.4, -0.2) is 60.2 Å². The number of hydrogen-bond acceptors (Lipinski definition) is 7. The van der Waals surface area contributed by atoms with Crippen molar-refractivity contribution in [2.75, 3.05) is 25.0 Å². The molecule has 4 aromatic heterocycles. The van der Waals surface area contributed by atoms with Crippen molar-refractivity contribution < 1.29 is 4.74 Å². The lowest BCUT2D eigenvalue weighted by atomic mass is 10.0. The van der Waals surface area contributed by atoms with Crippen molar-refractivity contribution in [1.29, 1.82) is 0 Å². The number of nitrogens with zero attached hydrogens (tertiary/aromatic N) is 7. The van der Waals surface area contributed by atoms with E-state index in [-0.39, 0.29) is 0 Å². The Morgan fingerprint density at radius 1 is 1.16 bits per heavy atom. The summed E-state index contributed by atoms with van der Waals surface area (Å²) >= 11 is 0. The predicted molar refractivity (Wildman–Crippen MR) is 119 cm³/mol. The molecule has 0 saturated carbocycles. The third-order valence-corrected chi connectivity index (χ3v) is 5.80. The highest BCUT2D eigenvalue weighted by atomic mass is 16.5. The third-order valence-electron chi connectivity index (χ3n) is 5.80. The van der Waals surface area contributed by atoms with Gasteiger partial charge in [-0.1, -0.05) is 6.92 Å². The van der Waals surface area contributed by atoms with Gasteiger partial charge in [-0.25, -0.2) is 4.52 Å². The smallest absolute Gasteiger partial charge is 0.165 e. The molecule has 1 fully saturated rings. The summed E-state index contributed by atoms with van der Waals surface area (Å²) < 4.78 is 9.87. The highest BCUT2D eigenvalue weighted by Crippen LogP contribution is 2.31. The van der Waals surface area contributed by atoms with Gasteiger partial charge in [0.15, 0.2) is 17.4 Å². The number of pyridine rings is 1. The highest BCUT2D eigenvalue weighted by molar-refractivity contribution is 5.72. The van der Waals surface area contributed by atoms with Crippen molar-refractivity contribution in [2.24, 2.45) is 7.05 Å². The normalized spacial score (nSPS) is 16.4. The van der Waals surface area contributed by atoms with E-state index in [9.17, 15) is 0 Å². The maximum absolute atomic E-state index is 6.18. The molecule has 1 N–H and O–H groups in total. The van der Waals surface area contributed by atoms with Gasteiger partial charge < -0.3 is 10.1 Å². The van der Waals surface area contributed by atoms with Gasteiger partial charge in [-0.3, -0.25) is 9.58 Å². The van der Waals surface area contributed by atoms with E-state index in [2.05, 4.69) is 43.6 Å². The zero-order valence-corrected chi connectivity index (χ0v) is 18.0. The second kappa shape index (κ2) is 7.99. The summed E-state index contributed by atoms with van der Waals surface area (Å²) in [7, 11) is 1.94. The van der Waals surface area contributed by atoms with E-state index in [0.717, 1.165) is 41.3 Å². The first-order chi connectivity index (χ1) is 15.1. The van der Waals surface area contributed by atoms with Gasteiger partial charge >= 0.3 is 0 Å². The molecule has 5 rings (SSSR count). The number of fused-ring (bicyclic) bond motifs is 1. The first kappa shape index (κ1) is 19.5. The fourth-order valence-electron chi connectivity index (χ4n) is 3.94. The summed E-state index contributed by atoms with van der Waals surface area (Å²) in [6, 6.07) is 10.4. The van der Waals surface area contributed by atoms with Gasteiger partial charge in [0.05, 0.1) is 17.4 Å². The first-order valence-corrected chi connectivity index (χ1v) is 10.6. The molecule has 1 aliphatic heterocycles. The Hall–Kier alpha value is -3.46. The zero-order chi connectivity index (χ0) is 21.4. The first-order valence-electron chi connectivity index (χ1n) is 10.6. The molecule has 1 unspecified atom stereocenters. The Labute approximate surface area is 180 Å². The van der Waals surface area contributed by atoms with Crippen LogP contribution in [0, 0.1) is 6.92 Å². The molecule has 0 spiro atoms. The van der Waals surface area contributed by atoms with E-state index in [1.165, 1.54) is 6.42 Å². The van der Waals surface area contributed by atoms with Crippen LogP contribution in [0.5, 0.6) is 5.75 Å². The largest absolute Gasteiger partial charge is 0.488 e. The van der Waals surface area contributed by atoms with Crippen LogP contribution >= 0.6 is 0 Å². The number of nitrogens with one attached hydrogen (secondary N) is 1. The van der Waals surface area contributed by atoms with Gasteiger partial charge in [0.2, 0.25) is 0 Å². The van der Waals surface area contributed by atoms with Gasteiger partial charge in [-0.2, -0.15) is 15.3 Å². The van der Waals surface area contributed by atoms with Crippen LogP contribution in [0.15, 0.2) is 42.7 Å². The van der Waals surface area contributed by atoms with Gasteiger partial charge in [-0.05, 0) is 44.2 Å². The van der Waals surface area contributed by atoms with Crippen LogP contribution in [0.3, 0.4) is 0 Å². The van der Waals surface area contributed by atoms with Gasteiger partial charge in [0, 0.05) is 37.5 Å². The van der Waals surface area contributed by atoms with Crippen molar-refractivity contribution in [3.05, 3.63) is 48.4 Å². The van der Waals surface area contributed by atoms with E-state index < -0.39 is 0 Å². The molecule has 9 heteroatoms. The van der Waals surface area contributed by atoms with Crippen molar-refractivity contribution >= 4 is 17.2 Å². The van der Waals surface area contributed by atoms with Crippen LogP contribution in [-0.2, 0) is 7.05 Å². The molecule has 4 aromatic rings. The maximum Gasteiger partial charge on any atom is 0.165 e. The molecule has 31 heavy (non-hydrogen) atoms. The van der Waals surface area contributed by atoms with Gasteiger partial charge in [-0.15, -0.1) is 5.10 Å². The maximum atomic E-state index is 6.18. The zero-order valence-electron chi connectivity index (χ0n) is 18.0. The standard InChI is InChI=1S/C22H26N8O/c1-4-29-9-8-17(29)14-31-19-13-23-28(3)22(19)16-7-10-30-18(11-16)12-21(27-30)24-20-6-5-15(2)25-26-20/h5-7,10-13,17H,4,8-9,14H2,1-3H3,(H,24,26,27). The molecule has 1 aliphatic rings. The Bertz CT molecular complexity index is 1190. The van der Waals surface area contributed by atoms with Crippen molar-refractivity contribution in [2.45, 2.75) is 26.3 Å². The van der Waals surface area contributed by atoms with Gasteiger partial charge in [0.25, 0.3) is 0 Å². The number of rotatable bonds is 7. The van der Waals surface area contributed by atoms with Gasteiger partial charge in [0.1, 0.15) is 12.3 Å². The summed E-state index contributed by atoms with van der Waals surface area (Å²) in [6.07, 6.45) is 4.93. The minimum Gasteiger partial charge on any atom is -0.488 e. The number of ether oxygens (including phenoxy) is 1. The molecule has 9 nitrogen and oxygen atoms in total. The summed E-state index contributed by atoms with van der Waals surface area (Å²) in [4.78, 5) is 2.43. The Kier molecular flexibility index (Phi) is 5.03. The summed E-state index contributed by atoms with van der Waals surface area (Å²) in [6.45, 7) is 7.01. The third kappa shape index (κ3) is 3.84. The number of aryl methyl sites for hydroxylation is 2. The second-order valence-corrected chi connectivity index (χ2v) is 7.86. The summed E-state index contributed by atoms with van der Waals surface area (Å²) in [5, 5.41) is 20.4. The minimum atomic E-state index is 0.494. The van der Waals surface area contributed by atoms with Crippen molar-refractivity contribution in [3.63, 3.8) is 0 Å². The average Bonchev–Trinajstić information content (AvgIpc) is 3.31. The van der Waals surface area contributed by atoms with Crippen LogP contribution < -0.4 is 10.1 Å². The Morgan fingerprint density at radius 3 is 2.81 bits per heavy atom. The second-order valence-electron chi connectivity index (χ2n) is 7.86. The quantitative estimate of drug-likeness (QED) is 0.494. The molecule has 0 bridgehead atoms. The fraction of sp³-hybridized carbons (Fsp3) is 0.364. The van der Waals surface area contributed by atoms with E-state index in [0.29, 0.717) is 24.3 Å². The average molecular weight is 419 g/mol. The van der Waals surface area contributed by atoms with E-state index in [1.54, 1.807) is 6.20 Å². The SMILES string of the molecule is CCN1CCC1COc1cnn(C)c1-c1ccn2nc(Nc3ccc(C)nn3)cc2c1. The molecular weight excluding hydrogens is 392 g/mol. The lowest BCUT2D eigenvalue weighted by molar-refractivity contribution is 0.0563. The highest BCUT2D eigenvalue weighted by Gasteiger charge is 2.27. The molecule has 1 saturated heterocycles. The number of aromatic nitrogens is 6. The molecule has 160 valence electrons. The summed E-state index contributed by atoms with van der Waals surface area (Å²) in [5.41, 5.74) is 3.83. The van der Waals surface area contributed by atoms with Crippen molar-refractivity contribution in [3.8, 4) is 17.0 Å². The molecule has 0 radical (unpaired) electrons. The van der Waals surface area contributed by atoms with Crippen LogP contribution in [0.1, 0.15) is 19.0 Å². The van der Waals surface area contributed by atoms with Crippen LogP contribution in [0.4, 0.5) is 11.6 Å².